The first-order valence-electron chi connectivity index (χ1n) is 5.33. The van der Waals surface area contributed by atoms with Gasteiger partial charge in [-0.05, 0) is 34.1 Å². The number of aromatic nitrogens is 1. The highest BCUT2D eigenvalue weighted by molar-refractivity contribution is 9.10. The van der Waals surface area contributed by atoms with Gasteiger partial charge in [0.05, 0.1) is 18.3 Å². The highest BCUT2D eigenvalue weighted by Crippen LogP contribution is 2.17. The number of halogens is 1. The van der Waals surface area contributed by atoms with Crippen molar-refractivity contribution >= 4 is 27.5 Å². The minimum Gasteiger partial charge on any atom is -0.508 e. The van der Waals surface area contributed by atoms with Crippen LogP contribution in [0, 0.1) is 0 Å². The summed E-state index contributed by atoms with van der Waals surface area (Å²) in [4.78, 5) is 15.8. The lowest BCUT2D eigenvalue weighted by molar-refractivity contribution is -0.115. The zero-order valence-corrected chi connectivity index (χ0v) is 11.0. The number of benzene rings is 1. The van der Waals surface area contributed by atoms with Crippen LogP contribution in [-0.2, 0) is 11.2 Å². The van der Waals surface area contributed by atoms with Crippen molar-refractivity contribution in [2.45, 2.75) is 6.42 Å². The Labute approximate surface area is 113 Å². The molecule has 0 saturated carbocycles. The Bertz CT molecular complexity index is 555. The van der Waals surface area contributed by atoms with Crippen molar-refractivity contribution in [3.05, 3.63) is 52.8 Å². The second kappa shape index (κ2) is 5.64. The number of amides is 1. The maximum Gasteiger partial charge on any atom is 0.228 e. The molecule has 0 spiro atoms. The number of nitrogens with zero attached hydrogens (tertiary/aromatic N) is 1. The van der Waals surface area contributed by atoms with Gasteiger partial charge in [0.1, 0.15) is 10.4 Å². The van der Waals surface area contributed by atoms with Gasteiger partial charge in [0.25, 0.3) is 0 Å². The van der Waals surface area contributed by atoms with Crippen molar-refractivity contribution in [3.63, 3.8) is 0 Å². The van der Waals surface area contributed by atoms with Gasteiger partial charge in [0, 0.05) is 5.56 Å². The van der Waals surface area contributed by atoms with E-state index in [0.29, 0.717) is 15.9 Å². The van der Waals surface area contributed by atoms with Gasteiger partial charge in [-0.15, -0.1) is 0 Å². The summed E-state index contributed by atoms with van der Waals surface area (Å²) in [6, 6.07) is 10.3. The van der Waals surface area contributed by atoms with Crippen LogP contribution in [0.5, 0.6) is 5.75 Å². The minimum atomic E-state index is -0.194. The van der Waals surface area contributed by atoms with E-state index in [1.54, 1.807) is 42.6 Å². The largest absolute Gasteiger partial charge is 0.508 e. The number of pyridine rings is 1. The molecule has 2 rings (SSSR count). The van der Waals surface area contributed by atoms with Crippen molar-refractivity contribution < 1.29 is 9.90 Å². The summed E-state index contributed by atoms with van der Waals surface area (Å²) >= 11 is 3.22. The molecule has 1 aromatic carbocycles. The predicted molar refractivity (Wildman–Crippen MR) is 72.4 cm³/mol. The maximum atomic E-state index is 11.8. The van der Waals surface area contributed by atoms with E-state index in [1.165, 1.54) is 0 Å². The Hall–Kier alpha value is -1.88. The van der Waals surface area contributed by atoms with Gasteiger partial charge in [-0.2, -0.15) is 0 Å². The Morgan fingerprint density at radius 3 is 2.72 bits per heavy atom. The van der Waals surface area contributed by atoms with Crippen LogP contribution < -0.4 is 5.32 Å². The van der Waals surface area contributed by atoms with E-state index in [-0.39, 0.29) is 18.1 Å². The summed E-state index contributed by atoms with van der Waals surface area (Å²) < 4.78 is 0.709. The second-order valence-corrected chi connectivity index (χ2v) is 4.54. The average molecular weight is 307 g/mol. The van der Waals surface area contributed by atoms with E-state index in [4.69, 9.17) is 0 Å². The van der Waals surface area contributed by atoms with Gasteiger partial charge in [0.2, 0.25) is 5.91 Å². The molecule has 0 atom stereocenters. The molecule has 1 amide bonds. The lowest BCUT2D eigenvalue weighted by Crippen LogP contribution is -2.14. The molecule has 0 aliphatic rings. The fourth-order valence-electron chi connectivity index (χ4n) is 1.49. The van der Waals surface area contributed by atoms with Gasteiger partial charge in [-0.3, -0.25) is 4.79 Å². The molecular formula is C13H11BrN2O2. The first kappa shape index (κ1) is 12.6. The number of hydrogen-bond acceptors (Lipinski definition) is 3. The number of phenolic OH excluding ortho intramolecular Hbond substituents is 1. The fourth-order valence-corrected chi connectivity index (χ4v) is 1.72. The SMILES string of the molecule is O=C(Cc1ccccc1O)Nc1ccc(Br)nc1. The summed E-state index contributed by atoms with van der Waals surface area (Å²) in [6.07, 6.45) is 1.69. The number of nitrogens with one attached hydrogen (secondary N) is 1. The van der Waals surface area contributed by atoms with Gasteiger partial charge in [-0.25, -0.2) is 4.98 Å². The smallest absolute Gasteiger partial charge is 0.228 e. The van der Waals surface area contributed by atoms with E-state index < -0.39 is 0 Å². The molecule has 0 saturated heterocycles. The number of carbonyl (C=O) groups is 1. The normalized spacial score (nSPS) is 10.1. The molecule has 2 aromatic rings. The molecular weight excluding hydrogens is 296 g/mol. The summed E-state index contributed by atoms with van der Waals surface area (Å²) in [5.41, 5.74) is 1.22. The maximum absolute atomic E-state index is 11.8. The fraction of sp³-hybridized carbons (Fsp3) is 0.0769. The van der Waals surface area contributed by atoms with E-state index >= 15 is 0 Å². The quantitative estimate of drug-likeness (QED) is 0.857. The second-order valence-electron chi connectivity index (χ2n) is 3.72. The van der Waals surface area contributed by atoms with Crippen LogP contribution in [-0.4, -0.2) is 16.0 Å². The summed E-state index contributed by atoms with van der Waals surface area (Å²) in [5, 5.41) is 12.3. The molecule has 2 N–H and O–H groups in total. The molecule has 5 heteroatoms. The molecule has 0 bridgehead atoms. The van der Waals surface area contributed by atoms with Crippen LogP contribution in [0.2, 0.25) is 0 Å². The van der Waals surface area contributed by atoms with Crippen molar-refractivity contribution in [1.29, 1.82) is 0 Å². The van der Waals surface area contributed by atoms with Crippen molar-refractivity contribution in [3.8, 4) is 5.75 Å². The lowest BCUT2D eigenvalue weighted by atomic mass is 10.1. The highest BCUT2D eigenvalue weighted by Gasteiger charge is 2.07. The number of anilines is 1. The molecule has 1 aromatic heterocycles. The van der Waals surface area contributed by atoms with E-state index in [9.17, 15) is 9.90 Å². The van der Waals surface area contributed by atoms with Crippen LogP contribution >= 0.6 is 15.9 Å². The van der Waals surface area contributed by atoms with Gasteiger partial charge in [-0.1, -0.05) is 18.2 Å². The number of para-hydroxylation sites is 1. The summed E-state index contributed by atoms with van der Waals surface area (Å²) in [7, 11) is 0. The Balaban J connectivity index is 2.01. The molecule has 0 unspecified atom stereocenters. The van der Waals surface area contributed by atoms with Crippen LogP contribution in [0.25, 0.3) is 0 Å². The molecule has 0 fully saturated rings. The molecule has 4 nitrogen and oxygen atoms in total. The monoisotopic (exact) mass is 306 g/mol. The summed E-state index contributed by atoms with van der Waals surface area (Å²) in [5.74, 6) is -0.0674. The number of carbonyl (C=O) groups excluding carboxylic acids is 1. The zero-order valence-electron chi connectivity index (χ0n) is 9.43. The number of rotatable bonds is 3. The third kappa shape index (κ3) is 3.30. The lowest BCUT2D eigenvalue weighted by Gasteiger charge is -2.06. The molecule has 0 aliphatic heterocycles. The molecule has 1 heterocycles. The van der Waals surface area contributed by atoms with Crippen LogP contribution in [0.4, 0.5) is 5.69 Å². The molecule has 0 radical (unpaired) electrons. The van der Waals surface area contributed by atoms with Crippen LogP contribution in [0.1, 0.15) is 5.56 Å². The van der Waals surface area contributed by atoms with Crippen LogP contribution in [0.15, 0.2) is 47.2 Å². The number of hydrogen-bond donors (Lipinski definition) is 2. The van der Waals surface area contributed by atoms with Gasteiger partial charge < -0.3 is 10.4 Å². The topological polar surface area (TPSA) is 62.2 Å². The average Bonchev–Trinajstić information content (AvgIpc) is 2.35. The third-order valence-electron chi connectivity index (χ3n) is 2.35. The van der Waals surface area contributed by atoms with Crippen molar-refractivity contribution in [1.82, 2.24) is 4.98 Å². The van der Waals surface area contributed by atoms with Gasteiger partial charge >= 0.3 is 0 Å². The number of aromatic hydroxyl groups is 1. The Morgan fingerprint density at radius 2 is 2.06 bits per heavy atom. The van der Waals surface area contributed by atoms with Crippen LogP contribution in [0.3, 0.4) is 0 Å². The van der Waals surface area contributed by atoms with Gasteiger partial charge in [0.15, 0.2) is 0 Å². The third-order valence-corrected chi connectivity index (χ3v) is 2.82. The van der Waals surface area contributed by atoms with E-state index in [0.717, 1.165) is 0 Å². The molecule has 18 heavy (non-hydrogen) atoms. The Morgan fingerprint density at radius 1 is 1.28 bits per heavy atom. The number of phenols is 1. The van der Waals surface area contributed by atoms with E-state index in [1.807, 2.05) is 0 Å². The standard InChI is InChI=1S/C13H11BrN2O2/c14-12-6-5-10(8-15-12)16-13(18)7-9-3-1-2-4-11(9)17/h1-6,8,17H,7H2,(H,16,18). The van der Waals surface area contributed by atoms with E-state index in [2.05, 4.69) is 26.2 Å². The first-order valence-corrected chi connectivity index (χ1v) is 6.13. The zero-order chi connectivity index (χ0) is 13.0. The Kier molecular flexibility index (Phi) is 3.94. The molecule has 0 aliphatic carbocycles. The summed E-state index contributed by atoms with van der Waals surface area (Å²) in [6.45, 7) is 0. The highest BCUT2D eigenvalue weighted by atomic mass is 79.9. The van der Waals surface area contributed by atoms with Crippen molar-refractivity contribution in [2.75, 3.05) is 5.32 Å². The minimum absolute atomic E-state index is 0.126. The predicted octanol–water partition coefficient (Wildman–Crippen LogP) is 2.73. The van der Waals surface area contributed by atoms with Crippen molar-refractivity contribution in [2.24, 2.45) is 0 Å². The molecule has 92 valence electrons. The first-order chi connectivity index (χ1) is 8.65.